The van der Waals surface area contributed by atoms with E-state index in [9.17, 15) is 9.18 Å². The maximum Gasteiger partial charge on any atom is 0.254 e. The van der Waals surface area contributed by atoms with Gasteiger partial charge in [-0.25, -0.2) is 4.39 Å². The molecule has 1 aromatic heterocycles. The van der Waals surface area contributed by atoms with Crippen LogP contribution in [0.4, 0.5) is 4.39 Å². The molecule has 1 amide bonds. The highest BCUT2D eigenvalue weighted by Crippen LogP contribution is 2.40. The Kier molecular flexibility index (Phi) is 4.75. The normalized spacial score (nSPS) is 14.7. The van der Waals surface area contributed by atoms with Gasteiger partial charge in [-0.1, -0.05) is 12.1 Å². The molecule has 0 N–H and O–H groups in total. The van der Waals surface area contributed by atoms with Crippen molar-refractivity contribution in [1.29, 1.82) is 0 Å². The zero-order valence-electron chi connectivity index (χ0n) is 16.3. The lowest BCUT2D eigenvalue weighted by molar-refractivity contribution is 0.0744. The van der Waals surface area contributed by atoms with Crippen LogP contribution in [0.5, 0.6) is 5.75 Å². The number of nitrogens with zero attached hydrogens (tertiary/aromatic N) is 2. The van der Waals surface area contributed by atoms with E-state index in [1.807, 2.05) is 37.3 Å². The molecular weight excluding hydrogens is 355 g/mol. The summed E-state index contributed by atoms with van der Waals surface area (Å²) in [6.07, 6.45) is 2.18. The van der Waals surface area contributed by atoms with Crippen LogP contribution in [0.2, 0.25) is 0 Å². The summed E-state index contributed by atoms with van der Waals surface area (Å²) < 4.78 is 19.1. The topological polar surface area (TPSA) is 42.4 Å². The van der Waals surface area contributed by atoms with E-state index in [0.29, 0.717) is 22.4 Å². The van der Waals surface area contributed by atoms with Gasteiger partial charge in [0.15, 0.2) is 0 Å². The van der Waals surface area contributed by atoms with Gasteiger partial charge in [0, 0.05) is 24.0 Å². The summed E-state index contributed by atoms with van der Waals surface area (Å²) in [4.78, 5) is 19.7. The van der Waals surface area contributed by atoms with E-state index < -0.39 is 0 Å². The second kappa shape index (κ2) is 7.23. The molecule has 3 aromatic rings. The molecule has 0 aliphatic heterocycles. The number of benzene rings is 2. The predicted octanol–water partition coefficient (Wildman–Crippen LogP) is 5.09. The van der Waals surface area contributed by atoms with Crippen LogP contribution in [0.1, 0.15) is 53.3 Å². The van der Waals surface area contributed by atoms with E-state index in [1.54, 1.807) is 25.1 Å². The number of hydrogen-bond acceptors (Lipinski definition) is 3. The average Bonchev–Trinajstić information content (AvgIpc) is 3.57. The van der Waals surface area contributed by atoms with Gasteiger partial charge in [0.2, 0.25) is 0 Å². The Labute approximate surface area is 164 Å². The van der Waals surface area contributed by atoms with Crippen LogP contribution >= 0.6 is 0 Å². The lowest BCUT2D eigenvalue weighted by atomic mass is 10.0. The van der Waals surface area contributed by atoms with Crippen LogP contribution in [-0.2, 0) is 0 Å². The summed E-state index contributed by atoms with van der Waals surface area (Å²) in [5.74, 6) is 0.677. The summed E-state index contributed by atoms with van der Waals surface area (Å²) in [5.41, 5.74) is 3.10. The maximum atomic E-state index is 13.9. The van der Waals surface area contributed by atoms with Crippen LogP contribution in [0, 0.1) is 5.82 Å². The van der Waals surface area contributed by atoms with Gasteiger partial charge in [0.05, 0.1) is 24.2 Å². The minimum absolute atomic E-state index is 0.136. The van der Waals surface area contributed by atoms with Crippen molar-refractivity contribution in [2.45, 2.75) is 31.7 Å². The minimum atomic E-state index is -0.367. The van der Waals surface area contributed by atoms with Crippen molar-refractivity contribution in [3.8, 4) is 5.75 Å². The Morgan fingerprint density at radius 1 is 1.18 bits per heavy atom. The number of methoxy groups -OCH3 is 1. The number of rotatable bonds is 5. The van der Waals surface area contributed by atoms with Crippen molar-refractivity contribution in [3.05, 3.63) is 71.2 Å². The molecule has 0 radical (unpaired) electrons. The molecule has 0 bridgehead atoms. The first-order chi connectivity index (χ1) is 13.5. The van der Waals surface area contributed by atoms with Gasteiger partial charge in [0.1, 0.15) is 11.6 Å². The van der Waals surface area contributed by atoms with Crippen LogP contribution < -0.4 is 4.74 Å². The van der Waals surface area contributed by atoms with Gasteiger partial charge in [0.25, 0.3) is 5.91 Å². The standard InChI is InChI=1S/C23H23FN2O2/c1-14(15-6-9-18(28-3)10-7-15)26(2)23(27)20-13-22(16-4-5-16)25-21-11-8-17(24)12-19(20)21/h6-14,16H,4-5H2,1-3H3/t14-/m1/s1. The first-order valence-corrected chi connectivity index (χ1v) is 9.49. The zero-order chi connectivity index (χ0) is 19.8. The second-order valence-electron chi connectivity index (χ2n) is 7.40. The number of hydrogen-bond donors (Lipinski definition) is 0. The number of fused-ring (bicyclic) bond motifs is 1. The third kappa shape index (κ3) is 3.44. The molecule has 28 heavy (non-hydrogen) atoms. The smallest absolute Gasteiger partial charge is 0.254 e. The van der Waals surface area contributed by atoms with Crippen LogP contribution in [-0.4, -0.2) is 29.9 Å². The largest absolute Gasteiger partial charge is 0.497 e. The molecule has 0 unspecified atom stereocenters. The summed E-state index contributed by atoms with van der Waals surface area (Å²) in [7, 11) is 3.40. The van der Waals surface area contributed by atoms with Crippen molar-refractivity contribution in [2.24, 2.45) is 0 Å². The molecule has 2 aromatic carbocycles. The Morgan fingerprint density at radius 2 is 1.89 bits per heavy atom. The fraction of sp³-hybridized carbons (Fsp3) is 0.304. The van der Waals surface area contributed by atoms with Gasteiger partial charge >= 0.3 is 0 Å². The molecule has 1 fully saturated rings. The molecule has 1 aliphatic rings. The summed E-state index contributed by atoms with van der Waals surface area (Å²) in [6.45, 7) is 1.98. The highest BCUT2D eigenvalue weighted by Gasteiger charge is 2.28. The molecule has 1 saturated carbocycles. The third-order valence-corrected chi connectivity index (χ3v) is 5.52. The first-order valence-electron chi connectivity index (χ1n) is 9.49. The molecule has 5 heteroatoms. The van der Waals surface area contributed by atoms with Gasteiger partial charge in [-0.3, -0.25) is 9.78 Å². The summed E-state index contributed by atoms with van der Waals surface area (Å²) in [6, 6.07) is 13.8. The number of carbonyl (C=O) groups excluding carboxylic acids is 1. The van der Waals surface area contributed by atoms with E-state index in [1.165, 1.54) is 12.1 Å². The maximum absolute atomic E-state index is 13.9. The van der Waals surface area contributed by atoms with E-state index in [-0.39, 0.29) is 17.8 Å². The Balaban J connectivity index is 1.71. The number of halogens is 1. The predicted molar refractivity (Wildman–Crippen MR) is 107 cm³/mol. The molecule has 1 heterocycles. The summed E-state index contributed by atoms with van der Waals surface area (Å²) >= 11 is 0. The lowest BCUT2D eigenvalue weighted by Gasteiger charge is -2.26. The van der Waals surface area contributed by atoms with Gasteiger partial charge in [-0.15, -0.1) is 0 Å². The Bertz CT molecular complexity index is 1030. The fourth-order valence-corrected chi connectivity index (χ4v) is 3.46. The average molecular weight is 378 g/mol. The first kappa shape index (κ1) is 18.4. The highest BCUT2D eigenvalue weighted by atomic mass is 19.1. The number of amides is 1. The highest BCUT2D eigenvalue weighted by molar-refractivity contribution is 6.06. The van der Waals surface area contributed by atoms with E-state index in [0.717, 1.165) is 29.8 Å². The van der Waals surface area contributed by atoms with E-state index >= 15 is 0 Å². The Hall–Kier alpha value is -2.95. The molecule has 0 saturated heterocycles. The third-order valence-electron chi connectivity index (χ3n) is 5.52. The van der Waals surface area contributed by atoms with Crippen LogP contribution in [0.15, 0.2) is 48.5 Å². The van der Waals surface area contributed by atoms with Gasteiger partial charge in [-0.05, 0) is 61.7 Å². The molecule has 1 atom stereocenters. The molecule has 4 rings (SSSR count). The zero-order valence-corrected chi connectivity index (χ0v) is 16.3. The quantitative estimate of drug-likeness (QED) is 0.621. The lowest BCUT2D eigenvalue weighted by Crippen LogP contribution is -2.30. The number of carbonyl (C=O) groups is 1. The molecule has 144 valence electrons. The van der Waals surface area contributed by atoms with Gasteiger partial charge < -0.3 is 9.64 Å². The van der Waals surface area contributed by atoms with Crippen molar-refractivity contribution < 1.29 is 13.9 Å². The minimum Gasteiger partial charge on any atom is -0.497 e. The Morgan fingerprint density at radius 3 is 2.54 bits per heavy atom. The molecule has 1 aliphatic carbocycles. The summed E-state index contributed by atoms with van der Waals surface area (Å²) in [5, 5.41) is 0.559. The second-order valence-corrected chi connectivity index (χ2v) is 7.40. The van der Waals surface area contributed by atoms with Crippen molar-refractivity contribution >= 4 is 16.8 Å². The van der Waals surface area contributed by atoms with Crippen LogP contribution in [0.25, 0.3) is 10.9 Å². The van der Waals surface area contributed by atoms with Crippen molar-refractivity contribution in [2.75, 3.05) is 14.2 Å². The molecular formula is C23H23FN2O2. The van der Waals surface area contributed by atoms with E-state index in [4.69, 9.17) is 4.74 Å². The SMILES string of the molecule is COc1ccc([C@@H](C)N(C)C(=O)c2cc(C3CC3)nc3ccc(F)cc23)cc1. The van der Waals surface area contributed by atoms with E-state index in [2.05, 4.69) is 4.98 Å². The fourth-order valence-electron chi connectivity index (χ4n) is 3.46. The van der Waals surface area contributed by atoms with Crippen molar-refractivity contribution in [1.82, 2.24) is 9.88 Å². The number of pyridine rings is 1. The molecule has 4 nitrogen and oxygen atoms in total. The van der Waals surface area contributed by atoms with Crippen molar-refractivity contribution in [3.63, 3.8) is 0 Å². The van der Waals surface area contributed by atoms with Crippen LogP contribution in [0.3, 0.4) is 0 Å². The molecule has 0 spiro atoms. The number of ether oxygens (including phenoxy) is 1. The van der Waals surface area contributed by atoms with Gasteiger partial charge in [-0.2, -0.15) is 0 Å². The number of aromatic nitrogens is 1. The monoisotopic (exact) mass is 378 g/mol.